The monoisotopic (exact) mass is 467 g/mol. The van der Waals surface area contributed by atoms with Crippen LogP contribution < -0.4 is 4.90 Å². The third-order valence-corrected chi connectivity index (χ3v) is 8.55. The van der Waals surface area contributed by atoms with Crippen molar-refractivity contribution in [3.63, 3.8) is 0 Å². The van der Waals surface area contributed by atoms with E-state index in [2.05, 4.69) is 41.1 Å². The van der Waals surface area contributed by atoms with Crippen LogP contribution in [0.4, 0.5) is 5.69 Å². The molecule has 6 nitrogen and oxygen atoms in total. The first kappa shape index (κ1) is 23.7. The molecule has 2 aliphatic heterocycles. The van der Waals surface area contributed by atoms with Crippen LogP contribution in [0, 0.1) is 0 Å². The predicted molar refractivity (Wildman–Crippen MR) is 133 cm³/mol. The summed E-state index contributed by atoms with van der Waals surface area (Å²) in [6, 6.07) is 15.6. The average molecular weight is 468 g/mol. The van der Waals surface area contributed by atoms with Crippen molar-refractivity contribution < 1.29 is 13.2 Å². The van der Waals surface area contributed by atoms with E-state index in [1.54, 1.807) is 12.1 Å². The van der Waals surface area contributed by atoms with Gasteiger partial charge in [-0.1, -0.05) is 37.3 Å². The van der Waals surface area contributed by atoms with Crippen molar-refractivity contribution in [2.45, 2.75) is 31.1 Å². The summed E-state index contributed by atoms with van der Waals surface area (Å²) in [6.45, 7) is 6.78. The molecule has 0 radical (unpaired) electrons. The number of anilines is 1. The number of Topliss-reactive ketones (excluding diaryl/α,β-unsaturated/α-hetero) is 1. The normalized spacial score (nSPS) is 18.6. The second-order valence-corrected chi connectivity index (χ2v) is 10.7. The van der Waals surface area contributed by atoms with Gasteiger partial charge in [0.15, 0.2) is 5.78 Å². The lowest BCUT2D eigenvalue weighted by Gasteiger charge is -2.34. The number of sulfonamides is 1. The van der Waals surface area contributed by atoms with Gasteiger partial charge in [-0.15, -0.1) is 0 Å². The Kier molecular flexibility index (Phi) is 7.32. The van der Waals surface area contributed by atoms with Crippen LogP contribution >= 0.6 is 0 Å². The van der Waals surface area contributed by atoms with Crippen LogP contribution in [0.15, 0.2) is 65.1 Å². The minimum absolute atomic E-state index is 0.109. The maximum atomic E-state index is 13.2. The maximum Gasteiger partial charge on any atom is 0.243 e. The molecule has 7 heteroatoms. The van der Waals surface area contributed by atoms with Crippen molar-refractivity contribution in [3.8, 4) is 11.1 Å². The van der Waals surface area contributed by atoms with Crippen molar-refractivity contribution in [1.29, 1.82) is 0 Å². The van der Waals surface area contributed by atoms with Gasteiger partial charge in [0.2, 0.25) is 10.0 Å². The number of carbonyl (C=O) groups is 1. The Hall–Kier alpha value is -2.48. The van der Waals surface area contributed by atoms with Gasteiger partial charge in [-0.05, 0) is 60.9 Å². The molecule has 176 valence electrons. The first-order chi connectivity index (χ1) is 15.9. The fourth-order valence-electron chi connectivity index (χ4n) is 4.46. The van der Waals surface area contributed by atoms with E-state index in [1.165, 1.54) is 9.99 Å². The largest absolute Gasteiger partial charge is 0.369 e. The number of piperazine rings is 1. The Balaban J connectivity index is 1.44. The molecule has 2 aromatic carbocycles. The van der Waals surface area contributed by atoms with Gasteiger partial charge in [-0.3, -0.25) is 4.79 Å². The van der Waals surface area contributed by atoms with Gasteiger partial charge in [0.25, 0.3) is 0 Å². The Labute approximate surface area is 197 Å². The molecule has 0 aliphatic carbocycles. The second-order valence-electron chi connectivity index (χ2n) is 8.81. The van der Waals surface area contributed by atoms with Crippen molar-refractivity contribution in [2.75, 3.05) is 51.2 Å². The minimum atomic E-state index is -3.59. The lowest BCUT2D eigenvalue weighted by Crippen LogP contribution is -2.44. The number of benzene rings is 2. The molecule has 0 atom stereocenters. The molecule has 2 aromatic rings. The van der Waals surface area contributed by atoms with Gasteiger partial charge in [0.1, 0.15) is 0 Å². The third kappa shape index (κ3) is 5.37. The molecule has 1 fully saturated rings. The molecule has 0 saturated carbocycles. The van der Waals surface area contributed by atoms with Crippen molar-refractivity contribution in [1.82, 2.24) is 9.21 Å². The molecular formula is C26H33N3O3S. The Bertz CT molecular complexity index is 1100. The first-order valence-corrected chi connectivity index (χ1v) is 13.2. The smallest absolute Gasteiger partial charge is 0.243 e. The molecule has 0 amide bonds. The van der Waals surface area contributed by atoms with E-state index in [-0.39, 0.29) is 5.78 Å². The van der Waals surface area contributed by atoms with Gasteiger partial charge >= 0.3 is 0 Å². The van der Waals surface area contributed by atoms with Gasteiger partial charge in [-0.2, -0.15) is 4.31 Å². The molecule has 33 heavy (non-hydrogen) atoms. The highest BCUT2D eigenvalue weighted by Crippen LogP contribution is 2.27. The predicted octanol–water partition coefficient (Wildman–Crippen LogP) is 3.80. The summed E-state index contributed by atoms with van der Waals surface area (Å²) in [5.74, 6) is 0.109. The summed E-state index contributed by atoms with van der Waals surface area (Å²) < 4.78 is 27.9. The van der Waals surface area contributed by atoms with Crippen LogP contribution in [0.5, 0.6) is 0 Å². The zero-order chi connectivity index (χ0) is 23.4. The second kappa shape index (κ2) is 10.2. The van der Waals surface area contributed by atoms with Crippen LogP contribution in [0.25, 0.3) is 11.1 Å². The highest BCUT2D eigenvalue weighted by atomic mass is 32.2. The fraction of sp³-hybridized carbons (Fsp3) is 0.423. The summed E-state index contributed by atoms with van der Waals surface area (Å²) in [5.41, 5.74) is 4.04. The zero-order valence-electron chi connectivity index (χ0n) is 19.5. The summed E-state index contributed by atoms with van der Waals surface area (Å²) in [5, 5.41) is 0. The minimum Gasteiger partial charge on any atom is -0.369 e. The van der Waals surface area contributed by atoms with Crippen molar-refractivity contribution in [2.24, 2.45) is 0 Å². The van der Waals surface area contributed by atoms with Crippen LogP contribution in [-0.2, 0) is 14.8 Å². The molecule has 4 rings (SSSR count). The average Bonchev–Trinajstić information content (AvgIpc) is 3.11. The quantitative estimate of drug-likeness (QED) is 0.647. The third-order valence-electron chi connectivity index (χ3n) is 6.64. The summed E-state index contributed by atoms with van der Waals surface area (Å²) in [4.78, 5) is 17.0. The van der Waals surface area contributed by atoms with E-state index < -0.39 is 10.0 Å². The molecule has 0 N–H and O–H groups in total. The lowest BCUT2D eigenvalue weighted by atomic mass is 10.1. The van der Waals surface area contributed by atoms with E-state index in [9.17, 15) is 13.2 Å². The number of carbonyl (C=O) groups excluding carboxylic acids is 1. The van der Waals surface area contributed by atoms with Gasteiger partial charge in [0.05, 0.1) is 4.90 Å². The van der Waals surface area contributed by atoms with E-state index in [4.69, 9.17) is 0 Å². The standard InChI is InChI=1S/C26H33N3O3S/c1-3-26(30)23-5-4-15-29(16-14-23)33(31,32)25-12-8-22(9-13-25)21-6-10-24(11-7-21)28-19-17-27(2)18-20-28/h5-13H,3-4,14-20H2,1-2H3. The molecular weight excluding hydrogens is 434 g/mol. The maximum absolute atomic E-state index is 13.2. The Morgan fingerprint density at radius 3 is 2.06 bits per heavy atom. The van der Waals surface area contributed by atoms with E-state index >= 15 is 0 Å². The van der Waals surface area contributed by atoms with Gasteiger partial charge < -0.3 is 9.80 Å². The van der Waals surface area contributed by atoms with Gasteiger partial charge in [-0.25, -0.2) is 8.42 Å². The van der Waals surface area contributed by atoms with Crippen molar-refractivity contribution in [3.05, 3.63) is 60.2 Å². The molecule has 0 bridgehead atoms. The number of hydrogen-bond acceptors (Lipinski definition) is 5. The summed E-state index contributed by atoms with van der Waals surface area (Å²) >= 11 is 0. The molecule has 0 aromatic heterocycles. The molecule has 2 heterocycles. The van der Waals surface area contributed by atoms with Crippen LogP contribution in [0.1, 0.15) is 26.2 Å². The van der Waals surface area contributed by atoms with E-state index in [1.807, 2.05) is 25.1 Å². The zero-order valence-corrected chi connectivity index (χ0v) is 20.4. The molecule has 1 saturated heterocycles. The summed E-state index contributed by atoms with van der Waals surface area (Å²) in [7, 11) is -1.44. The number of hydrogen-bond donors (Lipinski definition) is 0. The lowest BCUT2D eigenvalue weighted by molar-refractivity contribution is -0.115. The highest BCUT2D eigenvalue weighted by molar-refractivity contribution is 7.89. The van der Waals surface area contributed by atoms with E-state index in [0.717, 1.165) is 42.9 Å². The molecule has 0 spiro atoms. The van der Waals surface area contributed by atoms with Crippen LogP contribution in [0.3, 0.4) is 0 Å². The summed E-state index contributed by atoms with van der Waals surface area (Å²) in [6.07, 6.45) is 3.40. The van der Waals surface area contributed by atoms with Crippen LogP contribution in [-0.4, -0.2) is 69.7 Å². The van der Waals surface area contributed by atoms with Crippen molar-refractivity contribution >= 4 is 21.5 Å². The van der Waals surface area contributed by atoms with Gasteiger partial charge in [0, 0.05) is 51.4 Å². The SMILES string of the molecule is CCC(=O)C1=CCCN(S(=O)(=O)c2ccc(-c3ccc(N4CCN(C)CC4)cc3)cc2)CC1. The Morgan fingerprint density at radius 2 is 1.45 bits per heavy atom. The number of rotatable bonds is 6. The number of likely N-dealkylation sites (N-methyl/N-ethyl adjacent to an activating group) is 1. The highest BCUT2D eigenvalue weighted by Gasteiger charge is 2.26. The fourth-order valence-corrected chi connectivity index (χ4v) is 5.92. The molecule has 0 unspecified atom stereocenters. The number of ketones is 1. The Morgan fingerprint density at radius 1 is 0.848 bits per heavy atom. The molecule has 2 aliphatic rings. The number of nitrogens with zero attached hydrogens (tertiary/aromatic N) is 3. The van der Waals surface area contributed by atoms with Crippen LogP contribution in [0.2, 0.25) is 0 Å². The van der Waals surface area contributed by atoms with E-state index in [0.29, 0.717) is 37.2 Å². The first-order valence-electron chi connectivity index (χ1n) is 11.7. The topological polar surface area (TPSA) is 60.9 Å².